The summed E-state index contributed by atoms with van der Waals surface area (Å²) in [6.07, 6.45) is 0. The molecule has 24 valence electrons. The molecule has 0 rings (SSSR count). The average Bonchev–Trinajstić information content (AvgIpc) is 1.00. The SMILES string of the molecule is [O]=[Tb].[Sm].[Y]. The van der Waals surface area contributed by atoms with Crippen LogP contribution in [-0.2, 0) is 34.0 Å². The van der Waals surface area contributed by atoms with Crippen molar-refractivity contribution in [3.8, 4) is 0 Å². The molecule has 0 saturated heterocycles. The first kappa shape index (κ1) is 15.6. The monoisotopic (exact) mass is 416 g/mol. The molecule has 4 heteroatoms. The van der Waals surface area contributed by atoms with Gasteiger partial charge in [0.05, 0.1) is 0 Å². The first-order valence-electron chi connectivity index (χ1n) is 0.136. The maximum Gasteiger partial charge on any atom is 0 e. The predicted octanol–water partition coefficient (Wildman–Crippen LogP) is -0.121. The maximum atomic E-state index is 8.25. The molecule has 1 nitrogen and oxygen atoms in total. The molecule has 0 unspecified atom stereocenters. The van der Waals surface area contributed by atoms with Crippen molar-refractivity contribution in [1.29, 1.82) is 0 Å². The first-order chi connectivity index (χ1) is 1.00. The van der Waals surface area contributed by atoms with Crippen LogP contribution in [0, 0.1) is 77.1 Å². The molecule has 0 aliphatic rings. The van der Waals surface area contributed by atoms with E-state index in [1.54, 1.807) is 0 Å². The minimum Gasteiger partial charge on any atom is 0 e. The fourth-order valence-corrected chi connectivity index (χ4v) is 0. The largest absolute Gasteiger partial charge is 0 e. The second kappa shape index (κ2) is 16.0. The fraction of sp³-hybridized carbons (Fsp3) is 0. The summed E-state index contributed by atoms with van der Waals surface area (Å²) in [6.45, 7) is 0. The fourth-order valence-electron chi connectivity index (χ4n) is 0. The first-order valence-corrected chi connectivity index (χ1v) is 1.01. The van der Waals surface area contributed by atoms with Gasteiger partial charge >= 0.3 is 38.1 Å². The van der Waals surface area contributed by atoms with Crippen LogP contribution >= 0.6 is 0 Å². The molecule has 0 aromatic rings. The van der Waals surface area contributed by atoms with Gasteiger partial charge < -0.3 is 0 Å². The van der Waals surface area contributed by atoms with E-state index in [-0.39, 0.29) is 73.1 Å². The van der Waals surface area contributed by atoms with Crippen molar-refractivity contribution < 1.29 is 111 Å². The standard InChI is InChI=1S/O.Sm.Tb.Y. The quantitative estimate of drug-likeness (QED) is 0.541. The van der Waals surface area contributed by atoms with Crippen LogP contribution in [0.5, 0.6) is 0 Å². The van der Waals surface area contributed by atoms with Gasteiger partial charge in [-0.05, 0) is 0 Å². The van der Waals surface area contributed by atoms with E-state index < -0.39 is 0 Å². The van der Waals surface area contributed by atoms with E-state index in [9.17, 15) is 0 Å². The van der Waals surface area contributed by atoms with Crippen LogP contribution in [0.25, 0.3) is 0 Å². The Hall–Kier alpha value is 3.53. The summed E-state index contributed by atoms with van der Waals surface area (Å²) in [5.41, 5.74) is 0. The molecule has 0 amide bonds. The van der Waals surface area contributed by atoms with Crippen LogP contribution in [0.2, 0.25) is 0 Å². The zero-order valence-electron chi connectivity index (χ0n) is 1.73. The Bertz CT molecular complexity index is 8.00. The zero-order chi connectivity index (χ0) is 2.00. The summed E-state index contributed by atoms with van der Waals surface area (Å²) in [7, 11) is 0. The van der Waals surface area contributed by atoms with Crippen molar-refractivity contribution in [1.82, 2.24) is 0 Å². The van der Waals surface area contributed by atoms with Gasteiger partial charge in [0.15, 0.2) is 0 Å². The van der Waals surface area contributed by atoms with Crippen LogP contribution in [0.1, 0.15) is 0 Å². The van der Waals surface area contributed by atoms with Crippen molar-refractivity contribution in [2.45, 2.75) is 0 Å². The Labute approximate surface area is 108 Å². The summed E-state index contributed by atoms with van der Waals surface area (Å²) in [4.78, 5) is 0. The Morgan fingerprint density at radius 1 is 1.25 bits per heavy atom. The van der Waals surface area contributed by atoms with E-state index in [0.29, 0.717) is 0 Å². The van der Waals surface area contributed by atoms with Gasteiger partial charge in [-0.2, -0.15) is 0 Å². The minimum atomic E-state index is 0. The van der Waals surface area contributed by atoms with E-state index in [2.05, 4.69) is 0 Å². The van der Waals surface area contributed by atoms with Crippen LogP contribution in [0.4, 0.5) is 0 Å². The number of rotatable bonds is 0. The van der Waals surface area contributed by atoms with Crippen molar-refractivity contribution in [3.05, 3.63) is 0 Å². The molecule has 0 N–H and O–H groups in total. The summed E-state index contributed by atoms with van der Waals surface area (Å²) >= 11 is 0.750. The van der Waals surface area contributed by atoms with E-state index in [0.717, 1.165) is 36.7 Å². The van der Waals surface area contributed by atoms with Crippen molar-refractivity contribution in [3.63, 3.8) is 0 Å². The van der Waals surface area contributed by atoms with Crippen LogP contribution in [0.15, 0.2) is 0 Å². The number of hydrogen-bond donors (Lipinski definition) is 0. The summed E-state index contributed by atoms with van der Waals surface area (Å²) in [6, 6.07) is 0. The van der Waals surface area contributed by atoms with Gasteiger partial charge in [-0.1, -0.05) is 0 Å². The van der Waals surface area contributed by atoms with Gasteiger partial charge in [-0.3, -0.25) is 0 Å². The second-order valence-electron chi connectivity index (χ2n) is 0. The summed E-state index contributed by atoms with van der Waals surface area (Å²) in [5.74, 6) is 0. The molecule has 0 atom stereocenters. The van der Waals surface area contributed by atoms with E-state index in [4.69, 9.17) is 1.33 Å². The Morgan fingerprint density at radius 3 is 1.25 bits per heavy atom. The molecule has 4 heavy (non-hydrogen) atoms. The summed E-state index contributed by atoms with van der Waals surface area (Å²) in [5, 5.41) is 0. The van der Waals surface area contributed by atoms with Crippen LogP contribution < -0.4 is 0 Å². The average molecular weight is 414 g/mol. The molecular weight excluding hydrogens is 414 g/mol. The third-order valence-corrected chi connectivity index (χ3v) is 0. The minimum absolute atomic E-state index is 0. The van der Waals surface area contributed by atoms with Gasteiger partial charge in [0.2, 0.25) is 0 Å². The smallest absolute Gasteiger partial charge is 0 e. The van der Waals surface area contributed by atoms with E-state index >= 15 is 0 Å². The Morgan fingerprint density at radius 2 is 1.25 bits per heavy atom. The van der Waals surface area contributed by atoms with Crippen LogP contribution in [-0.4, -0.2) is 0 Å². The number of hydrogen-bond acceptors (Lipinski definition) is 1. The molecule has 0 aromatic carbocycles. The molecule has 0 bridgehead atoms. The molecule has 0 heterocycles. The topological polar surface area (TPSA) is 17.1 Å². The second-order valence-corrected chi connectivity index (χ2v) is 0. The molecule has 0 saturated carbocycles. The van der Waals surface area contributed by atoms with E-state index in [1.165, 1.54) is 0 Å². The maximum absolute atomic E-state index is 8.25. The van der Waals surface area contributed by atoms with Gasteiger partial charge in [0.25, 0.3) is 0 Å². The van der Waals surface area contributed by atoms with E-state index in [1.807, 2.05) is 0 Å². The third kappa shape index (κ3) is 9.11. The normalized spacial score (nSPS) is 1.25. The molecule has 0 spiro atoms. The van der Waals surface area contributed by atoms with Gasteiger partial charge in [-0.25, -0.2) is 0 Å². The molecule has 0 aromatic heterocycles. The van der Waals surface area contributed by atoms with Gasteiger partial charge in [-0.15, -0.1) is 0 Å². The van der Waals surface area contributed by atoms with Gasteiger partial charge in [0, 0.05) is 73.1 Å². The Balaban J connectivity index is -0.00000000500. The van der Waals surface area contributed by atoms with Crippen molar-refractivity contribution in [2.75, 3.05) is 0 Å². The van der Waals surface area contributed by atoms with Crippen LogP contribution in [0.3, 0.4) is 0 Å². The van der Waals surface area contributed by atoms with Crippen molar-refractivity contribution >= 4 is 0 Å². The van der Waals surface area contributed by atoms with Gasteiger partial charge in [0.1, 0.15) is 0 Å². The summed E-state index contributed by atoms with van der Waals surface area (Å²) < 4.78 is 8.25. The molecule has 1 radical (unpaired) electrons. The Kier molecular flexibility index (Phi) is 62.7. The predicted molar refractivity (Wildman–Crippen MR) is 0.686 cm³/mol. The molecular formula is OSmTbY. The molecule has 0 aliphatic heterocycles. The third-order valence-electron chi connectivity index (χ3n) is 0. The van der Waals surface area contributed by atoms with Crippen molar-refractivity contribution in [2.24, 2.45) is 0 Å². The molecule has 0 fully saturated rings. The zero-order valence-corrected chi connectivity index (χ0v) is 9.32. The molecule has 0 aliphatic carbocycles.